The highest BCUT2D eigenvalue weighted by atomic mass is 16.6. The molecule has 0 radical (unpaired) electrons. The van der Waals surface area contributed by atoms with Crippen LogP contribution in [0.1, 0.15) is 13.8 Å². The molecule has 0 bridgehead atoms. The van der Waals surface area contributed by atoms with Gasteiger partial charge in [0.25, 0.3) is 0 Å². The van der Waals surface area contributed by atoms with Gasteiger partial charge in [-0.2, -0.15) is 0 Å². The summed E-state index contributed by atoms with van der Waals surface area (Å²) in [6.45, 7) is 4.36. The summed E-state index contributed by atoms with van der Waals surface area (Å²) >= 11 is 0. The lowest BCUT2D eigenvalue weighted by atomic mass is 10.1. The number of fused-ring (bicyclic) bond motifs is 1. The largest absolute Gasteiger partial charge is 0.380 e. The monoisotopic (exact) mass is 266 g/mol. The van der Waals surface area contributed by atoms with E-state index in [0.29, 0.717) is 17.7 Å². The van der Waals surface area contributed by atoms with Crippen molar-refractivity contribution in [2.24, 2.45) is 0 Å². The van der Waals surface area contributed by atoms with Gasteiger partial charge in [-0.05, 0) is 30.2 Å². The van der Waals surface area contributed by atoms with Crippen LogP contribution >= 0.6 is 0 Å². The van der Waals surface area contributed by atoms with Gasteiger partial charge in [-0.3, -0.25) is 10.1 Å². The summed E-state index contributed by atoms with van der Waals surface area (Å²) in [5.74, 6) is 0. The number of aromatic nitrogens is 2. The number of non-ortho nitro benzene ring substituents is 1. The quantitative estimate of drug-likeness (QED) is 0.651. The summed E-state index contributed by atoms with van der Waals surface area (Å²) in [6.07, 6.45) is 0. The zero-order valence-electron chi connectivity index (χ0n) is 10.8. The second kappa shape index (κ2) is 4.81. The first kappa shape index (κ1) is 13.2. The number of methoxy groups -OCH3 is 1. The van der Waals surface area contributed by atoms with Crippen molar-refractivity contribution in [2.45, 2.75) is 19.4 Å². The van der Waals surface area contributed by atoms with Crippen molar-refractivity contribution in [3.05, 3.63) is 22.2 Å². The minimum absolute atomic E-state index is 0.130. The molecule has 102 valence electrons. The van der Waals surface area contributed by atoms with Crippen LogP contribution in [-0.2, 0) is 4.74 Å². The average molecular weight is 266 g/mol. The van der Waals surface area contributed by atoms with Gasteiger partial charge >= 0.3 is 5.69 Å². The van der Waals surface area contributed by atoms with Crippen LogP contribution in [0, 0.1) is 10.1 Å². The van der Waals surface area contributed by atoms with Gasteiger partial charge in [0.15, 0.2) is 5.52 Å². The number of rotatable bonds is 5. The molecule has 0 spiro atoms. The number of anilines is 1. The summed E-state index contributed by atoms with van der Waals surface area (Å²) < 4.78 is 9.86. The molecule has 0 saturated carbocycles. The van der Waals surface area contributed by atoms with Gasteiger partial charge in [-0.15, -0.1) is 0 Å². The standard InChI is InChI=1S/C11H14N4O4/c1-11(2,18-3)6-12-7-4-5-8(15(16)17)10-9(7)13-19-14-10/h4-5,12H,6H2,1-3H3. The first-order valence-electron chi connectivity index (χ1n) is 5.63. The number of nitrogens with zero attached hydrogens (tertiary/aromatic N) is 3. The van der Waals surface area contributed by atoms with Crippen LogP contribution < -0.4 is 5.32 Å². The molecule has 19 heavy (non-hydrogen) atoms. The maximum absolute atomic E-state index is 10.8. The van der Waals surface area contributed by atoms with Crippen LogP contribution in [0.3, 0.4) is 0 Å². The molecule has 0 aliphatic heterocycles. The van der Waals surface area contributed by atoms with E-state index >= 15 is 0 Å². The van der Waals surface area contributed by atoms with Gasteiger partial charge in [0.05, 0.1) is 16.2 Å². The van der Waals surface area contributed by atoms with Crippen molar-refractivity contribution in [1.29, 1.82) is 0 Å². The van der Waals surface area contributed by atoms with Crippen molar-refractivity contribution in [3.63, 3.8) is 0 Å². The van der Waals surface area contributed by atoms with Crippen molar-refractivity contribution in [3.8, 4) is 0 Å². The Kier molecular flexibility index (Phi) is 3.34. The molecule has 0 atom stereocenters. The lowest BCUT2D eigenvalue weighted by Gasteiger charge is -2.23. The third-order valence-electron chi connectivity index (χ3n) is 2.85. The summed E-state index contributed by atoms with van der Waals surface area (Å²) in [5, 5.41) is 21.2. The molecule has 1 aromatic heterocycles. The zero-order valence-corrected chi connectivity index (χ0v) is 10.8. The number of hydrogen-bond acceptors (Lipinski definition) is 7. The van der Waals surface area contributed by atoms with E-state index in [9.17, 15) is 10.1 Å². The fourth-order valence-electron chi connectivity index (χ4n) is 1.52. The number of benzene rings is 1. The molecule has 8 nitrogen and oxygen atoms in total. The summed E-state index contributed by atoms with van der Waals surface area (Å²) in [6, 6.07) is 2.95. The maximum Gasteiger partial charge on any atom is 0.300 e. The average Bonchev–Trinajstić information content (AvgIpc) is 2.84. The van der Waals surface area contributed by atoms with Gasteiger partial charge in [-0.1, -0.05) is 0 Å². The van der Waals surface area contributed by atoms with E-state index in [0.717, 1.165) is 0 Å². The number of ether oxygens (including phenoxy) is 1. The molecule has 0 aliphatic carbocycles. The lowest BCUT2D eigenvalue weighted by Crippen LogP contribution is -2.32. The highest BCUT2D eigenvalue weighted by Crippen LogP contribution is 2.28. The van der Waals surface area contributed by atoms with Crippen LogP contribution in [-0.4, -0.2) is 34.5 Å². The fraction of sp³-hybridized carbons (Fsp3) is 0.455. The van der Waals surface area contributed by atoms with E-state index in [4.69, 9.17) is 4.74 Å². The first-order chi connectivity index (χ1) is 8.94. The van der Waals surface area contributed by atoms with Gasteiger partial charge in [-0.25, -0.2) is 4.63 Å². The maximum atomic E-state index is 10.8. The van der Waals surface area contributed by atoms with Crippen LogP contribution in [0.15, 0.2) is 16.8 Å². The summed E-state index contributed by atoms with van der Waals surface area (Å²) in [5.41, 5.74) is 0.580. The SMILES string of the molecule is COC(C)(C)CNc1ccc([N+](=O)[O-])c2nonc12. The highest BCUT2D eigenvalue weighted by molar-refractivity contribution is 5.93. The van der Waals surface area contributed by atoms with Crippen LogP contribution in [0.4, 0.5) is 11.4 Å². The zero-order chi connectivity index (χ0) is 14.0. The van der Waals surface area contributed by atoms with Crippen molar-refractivity contribution < 1.29 is 14.3 Å². The fourth-order valence-corrected chi connectivity index (χ4v) is 1.52. The van der Waals surface area contributed by atoms with Crippen LogP contribution in [0.5, 0.6) is 0 Å². The Morgan fingerprint density at radius 3 is 2.74 bits per heavy atom. The smallest absolute Gasteiger partial charge is 0.300 e. The molecule has 8 heteroatoms. The molecule has 0 unspecified atom stereocenters. The van der Waals surface area contributed by atoms with Crippen LogP contribution in [0.25, 0.3) is 11.0 Å². The van der Waals surface area contributed by atoms with E-state index in [1.165, 1.54) is 6.07 Å². The van der Waals surface area contributed by atoms with E-state index < -0.39 is 4.92 Å². The molecule has 0 saturated heterocycles. The van der Waals surface area contributed by atoms with Crippen molar-refractivity contribution in [2.75, 3.05) is 19.0 Å². The van der Waals surface area contributed by atoms with Gasteiger partial charge in [0, 0.05) is 19.7 Å². The Hall–Kier alpha value is -2.22. The highest BCUT2D eigenvalue weighted by Gasteiger charge is 2.21. The predicted octanol–water partition coefficient (Wildman–Crippen LogP) is 1.97. The molecular weight excluding hydrogens is 252 g/mol. The third-order valence-corrected chi connectivity index (χ3v) is 2.85. The van der Waals surface area contributed by atoms with E-state index in [1.54, 1.807) is 13.2 Å². The van der Waals surface area contributed by atoms with Crippen molar-refractivity contribution in [1.82, 2.24) is 10.3 Å². The molecule has 0 aliphatic rings. The Morgan fingerprint density at radius 2 is 2.11 bits per heavy atom. The second-order valence-corrected chi connectivity index (χ2v) is 4.67. The molecular formula is C11H14N4O4. The summed E-state index contributed by atoms with van der Waals surface area (Å²) in [4.78, 5) is 10.3. The number of nitro groups is 1. The lowest BCUT2D eigenvalue weighted by molar-refractivity contribution is -0.383. The van der Waals surface area contributed by atoms with Crippen molar-refractivity contribution >= 4 is 22.4 Å². The van der Waals surface area contributed by atoms with E-state index in [-0.39, 0.29) is 16.8 Å². The molecule has 1 heterocycles. The number of nitro benzene ring substituents is 1. The van der Waals surface area contributed by atoms with Crippen LogP contribution in [0.2, 0.25) is 0 Å². The second-order valence-electron chi connectivity index (χ2n) is 4.67. The Bertz CT molecular complexity index is 608. The Morgan fingerprint density at radius 1 is 1.42 bits per heavy atom. The van der Waals surface area contributed by atoms with Gasteiger partial charge < -0.3 is 10.1 Å². The summed E-state index contributed by atoms with van der Waals surface area (Å²) in [7, 11) is 1.62. The van der Waals surface area contributed by atoms with Gasteiger partial charge in [0.1, 0.15) is 0 Å². The molecule has 0 amide bonds. The number of nitrogens with one attached hydrogen (secondary N) is 1. The topological polar surface area (TPSA) is 103 Å². The molecule has 1 aromatic carbocycles. The molecule has 1 N–H and O–H groups in total. The van der Waals surface area contributed by atoms with Gasteiger partial charge in [0.2, 0.25) is 5.52 Å². The minimum Gasteiger partial charge on any atom is -0.380 e. The number of hydrogen-bond donors (Lipinski definition) is 1. The van der Waals surface area contributed by atoms with E-state index in [2.05, 4.69) is 20.3 Å². The minimum atomic E-state index is -0.518. The Labute approximate surface area is 108 Å². The Balaban J connectivity index is 2.33. The third kappa shape index (κ3) is 2.63. The normalized spacial score (nSPS) is 11.7. The van der Waals surface area contributed by atoms with E-state index in [1.807, 2.05) is 13.8 Å². The predicted molar refractivity (Wildman–Crippen MR) is 68.0 cm³/mol. The molecule has 0 fully saturated rings. The molecule has 2 aromatic rings. The molecule has 2 rings (SSSR count). The first-order valence-corrected chi connectivity index (χ1v) is 5.63.